The molecule has 6 nitrogen and oxygen atoms in total. The lowest BCUT2D eigenvalue weighted by Gasteiger charge is -2.39. The van der Waals surface area contributed by atoms with Gasteiger partial charge in [0, 0.05) is 0 Å². The lowest BCUT2D eigenvalue weighted by atomic mass is 9.97. The molecule has 0 amide bonds. The van der Waals surface area contributed by atoms with Crippen molar-refractivity contribution in [3.05, 3.63) is 0 Å². The van der Waals surface area contributed by atoms with Gasteiger partial charge in [-0.1, -0.05) is 34.8 Å². The first-order chi connectivity index (χ1) is 8.13. The van der Waals surface area contributed by atoms with E-state index in [1.54, 1.807) is 0 Å². The van der Waals surface area contributed by atoms with Crippen molar-refractivity contribution in [3.63, 3.8) is 0 Å². The topological polar surface area (TPSA) is 96.2 Å². The molecule has 0 bridgehead atoms. The molecule has 0 aromatic carbocycles. The average Bonchev–Trinajstić information content (AvgIpc) is 2.23. The summed E-state index contributed by atoms with van der Waals surface area (Å²) >= 11 is 16.4. The predicted molar refractivity (Wildman–Crippen MR) is 63.6 cm³/mol. The lowest BCUT2D eigenvalue weighted by Crippen LogP contribution is -2.60. The van der Waals surface area contributed by atoms with Crippen molar-refractivity contribution in [2.24, 2.45) is 0 Å². The second kappa shape index (κ2) is 6.19. The number of alkyl halides is 3. The van der Waals surface area contributed by atoms with Crippen molar-refractivity contribution in [1.29, 1.82) is 0 Å². The molecule has 0 saturated carbocycles. The van der Waals surface area contributed by atoms with Crippen molar-refractivity contribution in [2.75, 3.05) is 6.61 Å². The molecule has 0 aliphatic carbocycles. The number of carbonyl (C=O) groups is 1. The molecule has 0 aromatic heterocycles. The van der Waals surface area contributed by atoms with E-state index in [0.29, 0.717) is 0 Å². The predicted octanol–water partition coefficient (Wildman–Crippen LogP) is -0.230. The van der Waals surface area contributed by atoms with E-state index >= 15 is 0 Å². The fourth-order valence-electron chi connectivity index (χ4n) is 1.50. The lowest BCUT2D eigenvalue weighted by molar-refractivity contribution is -0.289. The molecule has 1 fully saturated rings. The molecule has 5 atom stereocenters. The number of rotatable bonds is 3. The Morgan fingerprint density at radius 3 is 2.22 bits per heavy atom. The van der Waals surface area contributed by atoms with Gasteiger partial charge in [-0.05, 0) is 6.92 Å². The summed E-state index contributed by atoms with van der Waals surface area (Å²) in [6.45, 7) is 0.761. The fraction of sp³-hybridized carbons (Fsp3) is 0.889. The SMILES string of the molecule is CC(=O)[C@@H]1O[C@H](OCC(Cl)(Cl)Cl)[C@@H](O)[C@H](O)[C@H]1O. The standard InChI is InChI=1S/C9H13Cl3O6/c1-3(13)7-5(15)4(14)6(16)8(18-7)17-2-9(10,11)12/h4-8,14-16H,2H2,1H3/t4-,5-,6+,7+,8+/m1/s1. The van der Waals surface area contributed by atoms with Crippen LogP contribution >= 0.6 is 34.8 Å². The summed E-state index contributed by atoms with van der Waals surface area (Å²) in [7, 11) is 0. The first kappa shape index (κ1) is 16.4. The van der Waals surface area contributed by atoms with Gasteiger partial charge in [-0.15, -0.1) is 0 Å². The van der Waals surface area contributed by atoms with Crippen molar-refractivity contribution in [3.8, 4) is 0 Å². The van der Waals surface area contributed by atoms with Crippen molar-refractivity contribution in [2.45, 2.75) is 41.4 Å². The smallest absolute Gasteiger partial charge is 0.213 e. The van der Waals surface area contributed by atoms with Gasteiger partial charge in [0.15, 0.2) is 12.1 Å². The van der Waals surface area contributed by atoms with Gasteiger partial charge >= 0.3 is 0 Å². The quantitative estimate of drug-likeness (QED) is 0.621. The summed E-state index contributed by atoms with van der Waals surface area (Å²) in [4.78, 5) is 11.2. The van der Waals surface area contributed by atoms with Crippen LogP contribution in [-0.2, 0) is 14.3 Å². The monoisotopic (exact) mass is 322 g/mol. The second-order valence-corrected chi connectivity index (χ2v) is 6.45. The number of hydrogen-bond donors (Lipinski definition) is 3. The number of ether oxygens (including phenoxy) is 2. The molecule has 0 spiro atoms. The molecule has 1 rings (SSSR count). The van der Waals surface area contributed by atoms with Crippen LogP contribution in [0.2, 0.25) is 0 Å². The van der Waals surface area contributed by atoms with Gasteiger partial charge in [0.1, 0.15) is 24.4 Å². The van der Waals surface area contributed by atoms with Crippen LogP contribution in [0.1, 0.15) is 6.92 Å². The third-order valence-corrected chi connectivity index (χ3v) is 2.71. The van der Waals surface area contributed by atoms with Crippen LogP contribution in [0.4, 0.5) is 0 Å². The highest BCUT2D eigenvalue weighted by Crippen LogP contribution is 2.29. The minimum absolute atomic E-state index is 0.410. The van der Waals surface area contributed by atoms with Crippen LogP contribution in [0.5, 0.6) is 0 Å². The fourth-order valence-corrected chi connectivity index (χ4v) is 1.69. The highest BCUT2D eigenvalue weighted by Gasteiger charge is 2.46. The number of ketones is 1. The molecule has 9 heteroatoms. The molecule has 0 unspecified atom stereocenters. The molecule has 0 aromatic rings. The van der Waals surface area contributed by atoms with Crippen LogP contribution in [0.25, 0.3) is 0 Å². The Morgan fingerprint density at radius 2 is 1.78 bits per heavy atom. The maximum Gasteiger partial charge on any atom is 0.213 e. The molecule has 1 saturated heterocycles. The van der Waals surface area contributed by atoms with Crippen molar-refractivity contribution < 1.29 is 29.6 Å². The highest BCUT2D eigenvalue weighted by molar-refractivity contribution is 6.67. The molecule has 0 radical (unpaired) electrons. The summed E-state index contributed by atoms with van der Waals surface area (Å²) < 4.78 is 8.27. The third-order valence-electron chi connectivity index (χ3n) is 2.38. The van der Waals surface area contributed by atoms with Crippen molar-refractivity contribution >= 4 is 40.6 Å². The normalized spacial score (nSPS) is 37.6. The molecule has 3 N–H and O–H groups in total. The number of Topliss-reactive ketones (excluding diaryl/α,β-unsaturated/α-hetero) is 1. The van der Waals surface area contributed by atoms with Gasteiger partial charge in [-0.25, -0.2) is 0 Å². The maximum atomic E-state index is 11.2. The average molecular weight is 324 g/mol. The third kappa shape index (κ3) is 4.18. The van der Waals surface area contributed by atoms with Gasteiger partial charge < -0.3 is 24.8 Å². The van der Waals surface area contributed by atoms with E-state index in [4.69, 9.17) is 44.3 Å². The van der Waals surface area contributed by atoms with E-state index in [9.17, 15) is 20.1 Å². The summed E-state index contributed by atoms with van der Waals surface area (Å²) in [5.41, 5.74) is 0. The number of hydrogen-bond acceptors (Lipinski definition) is 6. The van der Waals surface area contributed by atoms with E-state index in [2.05, 4.69) is 0 Å². The van der Waals surface area contributed by atoms with Crippen LogP contribution in [0.15, 0.2) is 0 Å². The molecule has 1 aliphatic heterocycles. The van der Waals surface area contributed by atoms with Crippen LogP contribution in [0.3, 0.4) is 0 Å². The molecule has 106 valence electrons. The molecule has 1 heterocycles. The molecule has 18 heavy (non-hydrogen) atoms. The number of aliphatic hydroxyl groups excluding tert-OH is 3. The Bertz CT molecular complexity index is 307. The zero-order valence-corrected chi connectivity index (χ0v) is 11.6. The largest absolute Gasteiger partial charge is 0.387 e. The zero-order chi connectivity index (χ0) is 14.1. The first-order valence-corrected chi connectivity index (χ1v) is 6.15. The highest BCUT2D eigenvalue weighted by atomic mass is 35.6. The van der Waals surface area contributed by atoms with Gasteiger partial charge in [0.05, 0.1) is 6.61 Å². The number of aliphatic hydroxyl groups is 3. The van der Waals surface area contributed by atoms with Gasteiger partial charge in [-0.2, -0.15) is 0 Å². The summed E-state index contributed by atoms with van der Waals surface area (Å²) in [5, 5.41) is 28.7. The summed E-state index contributed by atoms with van der Waals surface area (Å²) in [6.07, 6.45) is -7.35. The van der Waals surface area contributed by atoms with Crippen molar-refractivity contribution in [1.82, 2.24) is 0 Å². The van der Waals surface area contributed by atoms with Crippen LogP contribution in [-0.4, -0.2) is 62.2 Å². The van der Waals surface area contributed by atoms with Gasteiger partial charge in [0.25, 0.3) is 0 Å². The van der Waals surface area contributed by atoms with Gasteiger partial charge in [-0.3, -0.25) is 4.79 Å². The second-order valence-electron chi connectivity index (χ2n) is 3.93. The van der Waals surface area contributed by atoms with E-state index in [1.807, 2.05) is 0 Å². The molecular weight excluding hydrogens is 310 g/mol. The van der Waals surface area contributed by atoms with Crippen LogP contribution < -0.4 is 0 Å². The Hall–Kier alpha value is 0.340. The van der Waals surface area contributed by atoms with Crippen LogP contribution in [0, 0.1) is 0 Å². The molecular formula is C9H13Cl3O6. The molecule has 1 aliphatic rings. The van der Waals surface area contributed by atoms with E-state index in [-0.39, 0.29) is 0 Å². The Labute approximate surface area is 118 Å². The van der Waals surface area contributed by atoms with Gasteiger partial charge in [0.2, 0.25) is 3.79 Å². The Kier molecular flexibility index (Phi) is 5.64. The Morgan fingerprint density at radius 1 is 1.22 bits per heavy atom. The van der Waals surface area contributed by atoms with E-state index in [1.165, 1.54) is 6.92 Å². The number of carbonyl (C=O) groups excluding carboxylic acids is 1. The minimum Gasteiger partial charge on any atom is -0.387 e. The minimum atomic E-state index is -1.73. The number of halogens is 3. The van der Waals surface area contributed by atoms with E-state index < -0.39 is 46.9 Å². The zero-order valence-electron chi connectivity index (χ0n) is 9.29. The summed E-state index contributed by atoms with van der Waals surface area (Å²) in [6, 6.07) is 0. The van der Waals surface area contributed by atoms with E-state index in [0.717, 1.165) is 0 Å². The Balaban J connectivity index is 2.70. The first-order valence-electron chi connectivity index (χ1n) is 5.02. The maximum absolute atomic E-state index is 11.2. The summed E-state index contributed by atoms with van der Waals surface area (Å²) in [5.74, 6) is -0.518.